The Morgan fingerprint density at radius 3 is 2.42 bits per heavy atom. The number of benzene rings is 2. The van der Waals surface area contributed by atoms with Crippen LogP contribution >= 0.6 is 0 Å². The van der Waals surface area contributed by atoms with Gasteiger partial charge in [0.2, 0.25) is 0 Å². The third-order valence-corrected chi connectivity index (χ3v) is 5.30. The fourth-order valence-electron chi connectivity index (χ4n) is 3.68. The van der Waals surface area contributed by atoms with Gasteiger partial charge in [0.15, 0.2) is 17.6 Å². The maximum atomic E-state index is 12.7. The second kappa shape index (κ2) is 11.4. The number of esters is 1. The normalized spacial score (nSPS) is 13.5. The molecule has 0 fully saturated rings. The van der Waals surface area contributed by atoms with Crippen LogP contribution in [0.2, 0.25) is 0 Å². The number of nitrogens with zero attached hydrogens (tertiary/aromatic N) is 1. The lowest BCUT2D eigenvalue weighted by Gasteiger charge is -2.30. The minimum atomic E-state index is -0.935. The first-order valence-corrected chi connectivity index (χ1v) is 11.2. The van der Waals surface area contributed by atoms with E-state index >= 15 is 0 Å². The molecule has 0 aliphatic carbocycles. The zero-order chi connectivity index (χ0) is 23.8. The van der Waals surface area contributed by atoms with Crippen LogP contribution in [0.15, 0.2) is 42.5 Å². The molecule has 2 aromatic rings. The molecule has 8 nitrogen and oxygen atoms in total. The van der Waals surface area contributed by atoms with Crippen molar-refractivity contribution in [3.05, 3.63) is 59.2 Å². The number of carbonyl (C=O) groups excluding carboxylic acids is 3. The number of hydrogen-bond acceptors (Lipinski definition) is 6. The number of fused-ring (bicyclic) bond motifs is 1. The lowest BCUT2D eigenvalue weighted by molar-refractivity contribution is -0.158. The average Bonchev–Trinajstić information content (AvgIpc) is 2.83. The van der Waals surface area contributed by atoms with Crippen molar-refractivity contribution in [2.45, 2.75) is 39.8 Å². The van der Waals surface area contributed by atoms with Gasteiger partial charge in [-0.15, -0.1) is 0 Å². The summed E-state index contributed by atoms with van der Waals surface area (Å²) in [4.78, 5) is 39.1. The number of amides is 2. The van der Waals surface area contributed by atoms with Crippen LogP contribution < -0.4 is 14.8 Å². The maximum absolute atomic E-state index is 12.7. The summed E-state index contributed by atoms with van der Waals surface area (Å²) in [6, 6.07) is 12.8. The Bertz CT molecular complexity index is 1010. The predicted molar refractivity (Wildman–Crippen MR) is 122 cm³/mol. The monoisotopic (exact) mass is 454 g/mol. The Kier molecular flexibility index (Phi) is 8.29. The summed E-state index contributed by atoms with van der Waals surface area (Å²) >= 11 is 0. The van der Waals surface area contributed by atoms with Crippen molar-refractivity contribution >= 4 is 17.8 Å². The molecule has 1 atom stereocenters. The van der Waals surface area contributed by atoms with Crippen LogP contribution in [0.3, 0.4) is 0 Å². The SMILES string of the molecule is CCOc1ccc(C(=O)NCC(=O)OC(C)C(=O)N2CCc3ccccc3C2)cc1OCC. The van der Waals surface area contributed by atoms with Crippen molar-refractivity contribution in [1.29, 1.82) is 0 Å². The van der Waals surface area contributed by atoms with Crippen LogP contribution in [-0.4, -0.2) is 55.1 Å². The quantitative estimate of drug-likeness (QED) is 0.586. The highest BCUT2D eigenvalue weighted by Crippen LogP contribution is 2.28. The van der Waals surface area contributed by atoms with Crippen LogP contribution in [0.25, 0.3) is 0 Å². The van der Waals surface area contributed by atoms with E-state index in [2.05, 4.69) is 11.4 Å². The molecule has 0 radical (unpaired) electrons. The fraction of sp³-hybridized carbons (Fsp3) is 0.400. The molecule has 3 rings (SSSR count). The lowest BCUT2D eigenvalue weighted by atomic mass is 9.99. The third-order valence-electron chi connectivity index (χ3n) is 5.30. The van der Waals surface area contributed by atoms with Gasteiger partial charge < -0.3 is 24.4 Å². The highest BCUT2D eigenvalue weighted by Gasteiger charge is 2.27. The number of ether oxygens (including phenoxy) is 3. The van der Waals surface area contributed by atoms with Gasteiger partial charge in [-0.1, -0.05) is 24.3 Å². The van der Waals surface area contributed by atoms with Crippen LogP contribution in [0.5, 0.6) is 11.5 Å². The van der Waals surface area contributed by atoms with E-state index in [9.17, 15) is 14.4 Å². The topological polar surface area (TPSA) is 94.2 Å². The first-order valence-electron chi connectivity index (χ1n) is 11.2. The van der Waals surface area contributed by atoms with Crippen molar-refractivity contribution in [3.63, 3.8) is 0 Å². The molecule has 0 bridgehead atoms. The van der Waals surface area contributed by atoms with Crippen LogP contribution in [-0.2, 0) is 27.3 Å². The number of hydrogen-bond donors (Lipinski definition) is 1. The van der Waals surface area contributed by atoms with Gasteiger partial charge in [-0.2, -0.15) is 0 Å². The Morgan fingerprint density at radius 2 is 1.70 bits per heavy atom. The molecule has 8 heteroatoms. The second-order valence-corrected chi connectivity index (χ2v) is 7.62. The van der Waals surface area contributed by atoms with Crippen molar-refractivity contribution in [1.82, 2.24) is 10.2 Å². The summed E-state index contributed by atoms with van der Waals surface area (Å²) in [5.74, 6) is -0.392. The molecular formula is C25H30N2O6. The minimum Gasteiger partial charge on any atom is -0.490 e. The van der Waals surface area contributed by atoms with Gasteiger partial charge in [0.1, 0.15) is 6.54 Å². The second-order valence-electron chi connectivity index (χ2n) is 7.62. The molecule has 1 heterocycles. The molecule has 1 unspecified atom stereocenters. The molecule has 1 N–H and O–H groups in total. The molecule has 0 saturated carbocycles. The lowest BCUT2D eigenvalue weighted by Crippen LogP contribution is -2.43. The first kappa shape index (κ1) is 24.1. The molecule has 33 heavy (non-hydrogen) atoms. The summed E-state index contributed by atoms with van der Waals surface area (Å²) in [6.45, 7) is 6.85. The molecule has 0 saturated heterocycles. The number of carbonyl (C=O) groups is 3. The first-order chi connectivity index (χ1) is 15.9. The Balaban J connectivity index is 1.51. The van der Waals surface area contributed by atoms with Gasteiger partial charge >= 0.3 is 5.97 Å². The highest BCUT2D eigenvalue weighted by atomic mass is 16.5. The van der Waals surface area contributed by atoms with Crippen molar-refractivity contribution in [2.24, 2.45) is 0 Å². The summed E-state index contributed by atoms with van der Waals surface area (Å²) in [5.41, 5.74) is 2.66. The average molecular weight is 455 g/mol. The Morgan fingerprint density at radius 1 is 1.00 bits per heavy atom. The van der Waals surface area contributed by atoms with E-state index in [4.69, 9.17) is 14.2 Å². The smallest absolute Gasteiger partial charge is 0.326 e. The molecule has 0 aromatic heterocycles. The van der Waals surface area contributed by atoms with Gasteiger partial charge in [0.25, 0.3) is 11.8 Å². The zero-order valence-electron chi connectivity index (χ0n) is 19.3. The van der Waals surface area contributed by atoms with E-state index in [0.29, 0.717) is 43.4 Å². The fourth-order valence-corrected chi connectivity index (χ4v) is 3.68. The van der Waals surface area contributed by atoms with E-state index in [0.717, 1.165) is 12.0 Å². The molecular weight excluding hydrogens is 424 g/mol. The van der Waals surface area contributed by atoms with Crippen molar-refractivity contribution in [2.75, 3.05) is 26.3 Å². The summed E-state index contributed by atoms with van der Waals surface area (Å²) < 4.78 is 16.3. The Hall–Kier alpha value is -3.55. The highest BCUT2D eigenvalue weighted by molar-refractivity contribution is 5.96. The van der Waals surface area contributed by atoms with Gasteiger partial charge in [0, 0.05) is 18.7 Å². The summed E-state index contributed by atoms with van der Waals surface area (Å²) in [5, 5.41) is 2.52. The molecule has 1 aliphatic heterocycles. The molecule has 2 aromatic carbocycles. The van der Waals surface area contributed by atoms with E-state index in [1.54, 1.807) is 30.0 Å². The van der Waals surface area contributed by atoms with E-state index < -0.39 is 18.0 Å². The van der Waals surface area contributed by atoms with Crippen molar-refractivity contribution < 1.29 is 28.6 Å². The van der Waals surface area contributed by atoms with E-state index in [1.165, 1.54) is 5.56 Å². The molecule has 1 aliphatic rings. The van der Waals surface area contributed by atoms with Crippen LogP contribution in [0.1, 0.15) is 42.3 Å². The minimum absolute atomic E-state index is 0.253. The predicted octanol–water partition coefficient (Wildman–Crippen LogP) is 2.73. The molecule has 176 valence electrons. The van der Waals surface area contributed by atoms with Crippen molar-refractivity contribution in [3.8, 4) is 11.5 Å². The Labute approximate surface area is 193 Å². The largest absolute Gasteiger partial charge is 0.490 e. The number of rotatable bonds is 9. The molecule has 0 spiro atoms. The van der Waals surface area contributed by atoms with E-state index in [-0.39, 0.29) is 12.5 Å². The van der Waals surface area contributed by atoms with Gasteiger partial charge in [-0.3, -0.25) is 14.4 Å². The third kappa shape index (κ3) is 6.25. The number of nitrogens with one attached hydrogen (secondary N) is 1. The summed E-state index contributed by atoms with van der Waals surface area (Å²) in [7, 11) is 0. The molecule has 2 amide bonds. The van der Waals surface area contributed by atoms with Gasteiger partial charge in [-0.05, 0) is 56.5 Å². The van der Waals surface area contributed by atoms with Crippen LogP contribution in [0.4, 0.5) is 0 Å². The van der Waals surface area contributed by atoms with Gasteiger partial charge in [-0.25, -0.2) is 0 Å². The van der Waals surface area contributed by atoms with Crippen LogP contribution in [0, 0.1) is 0 Å². The standard InChI is InChI=1S/C25H30N2O6/c1-4-31-21-11-10-19(14-22(21)32-5-2)24(29)26-15-23(28)33-17(3)25(30)27-13-12-18-8-6-7-9-20(18)16-27/h6-11,14,17H,4-5,12-13,15-16H2,1-3H3,(H,26,29). The maximum Gasteiger partial charge on any atom is 0.326 e. The van der Waals surface area contributed by atoms with E-state index in [1.807, 2.05) is 32.0 Å². The summed E-state index contributed by atoms with van der Waals surface area (Å²) in [6.07, 6.45) is -0.167. The zero-order valence-corrected chi connectivity index (χ0v) is 19.3. The van der Waals surface area contributed by atoms with Gasteiger partial charge in [0.05, 0.1) is 13.2 Å².